The predicted octanol–water partition coefficient (Wildman–Crippen LogP) is 3.95. The van der Waals surface area contributed by atoms with Crippen LogP contribution in [0, 0.1) is 6.92 Å². The minimum atomic E-state index is -4.37. The van der Waals surface area contributed by atoms with Gasteiger partial charge in [-0.05, 0) is 31.5 Å². The van der Waals surface area contributed by atoms with Crippen LogP contribution in [0.15, 0.2) is 24.3 Å². The fourth-order valence-electron chi connectivity index (χ4n) is 2.01. The monoisotopic (exact) mass is 298 g/mol. The van der Waals surface area contributed by atoms with E-state index in [9.17, 15) is 13.2 Å². The normalized spacial score (nSPS) is 11.7. The summed E-state index contributed by atoms with van der Waals surface area (Å²) in [4.78, 5) is 0. The molecule has 0 spiro atoms. The number of hydrogen-bond acceptors (Lipinski definition) is 3. The lowest BCUT2D eigenvalue weighted by Gasteiger charge is -2.12. The maximum atomic E-state index is 12.7. The molecular weight excluding hydrogens is 281 g/mol. The van der Waals surface area contributed by atoms with Crippen LogP contribution in [0.4, 0.5) is 30.4 Å². The van der Waals surface area contributed by atoms with E-state index in [4.69, 9.17) is 5.73 Å². The summed E-state index contributed by atoms with van der Waals surface area (Å²) < 4.78 is 39.8. The van der Waals surface area contributed by atoms with Crippen molar-refractivity contribution in [2.24, 2.45) is 0 Å². The van der Waals surface area contributed by atoms with Crippen molar-refractivity contribution in [3.63, 3.8) is 0 Å². The third-order valence-corrected chi connectivity index (χ3v) is 3.06. The second-order valence-corrected chi connectivity index (χ2v) is 4.77. The van der Waals surface area contributed by atoms with Crippen molar-refractivity contribution in [1.29, 1.82) is 0 Å². The van der Waals surface area contributed by atoms with Gasteiger partial charge in [-0.25, -0.2) is 4.68 Å². The molecule has 2 aromatic rings. The Hall–Kier alpha value is -2.18. The first-order chi connectivity index (χ1) is 9.82. The highest BCUT2D eigenvalue weighted by molar-refractivity contribution is 5.71. The Labute approximate surface area is 120 Å². The first kappa shape index (κ1) is 15.2. The van der Waals surface area contributed by atoms with Crippen LogP contribution in [-0.4, -0.2) is 9.78 Å². The number of nitrogens with two attached hydrogens (primary N) is 1. The lowest BCUT2D eigenvalue weighted by atomic mass is 10.2. The summed E-state index contributed by atoms with van der Waals surface area (Å²) in [5.41, 5.74) is 6.66. The molecular formula is C14H17F3N4. The number of alkyl halides is 3. The molecule has 0 saturated carbocycles. The van der Waals surface area contributed by atoms with Crippen LogP contribution in [-0.2, 0) is 12.7 Å². The van der Waals surface area contributed by atoms with E-state index in [0.717, 1.165) is 18.6 Å². The Balaban J connectivity index is 2.34. The van der Waals surface area contributed by atoms with Gasteiger partial charge in [-0.1, -0.05) is 13.0 Å². The molecule has 0 fully saturated rings. The van der Waals surface area contributed by atoms with E-state index in [1.54, 1.807) is 17.7 Å². The Morgan fingerprint density at radius 3 is 2.67 bits per heavy atom. The number of benzene rings is 1. The number of rotatable bonds is 4. The number of nitrogens with zero attached hydrogens (tertiary/aromatic N) is 2. The van der Waals surface area contributed by atoms with Gasteiger partial charge in [-0.2, -0.15) is 18.3 Å². The Morgan fingerprint density at radius 1 is 1.33 bits per heavy atom. The van der Waals surface area contributed by atoms with Gasteiger partial charge in [0.1, 0.15) is 0 Å². The average Bonchev–Trinajstić information content (AvgIpc) is 2.67. The predicted molar refractivity (Wildman–Crippen MR) is 76.4 cm³/mol. The van der Waals surface area contributed by atoms with Crippen LogP contribution in [0.1, 0.15) is 24.6 Å². The molecule has 0 saturated heterocycles. The van der Waals surface area contributed by atoms with Crippen LogP contribution in [0.3, 0.4) is 0 Å². The van der Waals surface area contributed by atoms with Gasteiger partial charge in [0.2, 0.25) is 0 Å². The van der Waals surface area contributed by atoms with Gasteiger partial charge in [0.25, 0.3) is 0 Å². The summed E-state index contributed by atoms with van der Waals surface area (Å²) in [6.07, 6.45) is -3.53. The fourth-order valence-corrected chi connectivity index (χ4v) is 2.01. The number of anilines is 3. The van der Waals surface area contributed by atoms with Crippen molar-refractivity contribution in [3.8, 4) is 0 Å². The molecule has 0 bridgehead atoms. The van der Waals surface area contributed by atoms with Crippen molar-refractivity contribution >= 4 is 17.2 Å². The molecule has 0 aliphatic rings. The minimum absolute atomic E-state index is 0.328. The second-order valence-electron chi connectivity index (χ2n) is 4.77. The third kappa shape index (κ3) is 3.29. The molecule has 21 heavy (non-hydrogen) atoms. The molecule has 3 N–H and O–H groups in total. The van der Waals surface area contributed by atoms with Gasteiger partial charge in [-0.3, -0.25) is 0 Å². The smallest absolute Gasteiger partial charge is 0.394 e. The zero-order valence-corrected chi connectivity index (χ0v) is 11.8. The zero-order chi connectivity index (χ0) is 15.6. The van der Waals surface area contributed by atoms with Crippen molar-refractivity contribution in [1.82, 2.24) is 9.78 Å². The third-order valence-electron chi connectivity index (χ3n) is 3.06. The van der Waals surface area contributed by atoms with Crippen LogP contribution in [0.2, 0.25) is 0 Å². The molecule has 114 valence electrons. The molecule has 4 nitrogen and oxygen atoms in total. The molecule has 0 aliphatic heterocycles. The topological polar surface area (TPSA) is 55.9 Å². The van der Waals surface area contributed by atoms with Crippen LogP contribution >= 0.6 is 0 Å². The van der Waals surface area contributed by atoms with Gasteiger partial charge in [0.05, 0.1) is 16.9 Å². The van der Waals surface area contributed by atoms with E-state index in [1.165, 1.54) is 6.07 Å². The summed E-state index contributed by atoms with van der Waals surface area (Å²) in [6.45, 7) is 4.39. The fraction of sp³-hybridized carbons (Fsp3) is 0.357. The largest absolute Gasteiger partial charge is 0.416 e. The van der Waals surface area contributed by atoms with Gasteiger partial charge in [0, 0.05) is 12.2 Å². The average molecular weight is 298 g/mol. The summed E-state index contributed by atoms with van der Waals surface area (Å²) >= 11 is 0. The van der Waals surface area contributed by atoms with Crippen molar-refractivity contribution < 1.29 is 13.2 Å². The highest BCUT2D eigenvalue weighted by Gasteiger charge is 2.30. The first-order valence-corrected chi connectivity index (χ1v) is 6.60. The number of nitrogens with one attached hydrogen (secondary N) is 1. The highest BCUT2D eigenvalue weighted by atomic mass is 19.4. The first-order valence-electron chi connectivity index (χ1n) is 6.60. The standard InChI is InChI=1S/C14H17F3N4/c1-3-7-21-13(12(18)9(2)20-21)19-11-6-4-5-10(8-11)14(15,16)17/h4-6,8,19H,3,7,18H2,1-2H3. The summed E-state index contributed by atoms with van der Waals surface area (Å²) in [6, 6.07) is 5.00. The molecule has 0 unspecified atom stereocenters. The van der Waals surface area contributed by atoms with Crippen molar-refractivity contribution in [2.45, 2.75) is 33.0 Å². The number of aryl methyl sites for hydroxylation is 2. The summed E-state index contributed by atoms with van der Waals surface area (Å²) in [5, 5.41) is 7.21. The molecule has 0 amide bonds. The van der Waals surface area contributed by atoms with Crippen LogP contribution < -0.4 is 11.1 Å². The summed E-state index contributed by atoms with van der Waals surface area (Å²) in [5.74, 6) is 0.522. The molecule has 0 atom stereocenters. The second kappa shape index (κ2) is 5.67. The van der Waals surface area contributed by atoms with Gasteiger partial charge >= 0.3 is 6.18 Å². The molecule has 0 aliphatic carbocycles. The lowest BCUT2D eigenvalue weighted by molar-refractivity contribution is -0.137. The Kier molecular flexibility index (Phi) is 4.11. The number of halogens is 3. The number of nitrogen functional groups attached to an aromatic ring is 1. The summed E-state index contributed by atoms with van der Waals surface area (Å²) in [7, 11) is 0. The number of hydrogen-bond donors (Lipinski definition) is 2. The maximum absolute atomic E-state index is 12.7. The van der Waals surface area contributed by atoms with Gasteiger partial charge in [-0.15, -0.1) is 0 Å². The van der Waals surface area contributed by atoms with Crippen molar-refractivity contribution in [3.05, 3.63) is 35.5 Å². The van der Waals surface area contributed by atoms with Crippen LogP contribution in [0.5, 0.6) is 0 Å². The SMILES string of the molecule is CCCn1nc(C)c(N)c1Nc1cccc(C(F)(F)F)c1. The molecule has 1 aromatic heterocycles. The van der Waals surface area contributed by atoms with E-state index >= 15 is 0 Å². The molecule has 1 heterocycles. The van der Waals surface area contributed by atoms with Gasteiger partial charge in [0.15, 0.2) is 5.82 Å². The highest BCUT2D eigenvalue weighted by Crippen LogP contribution is 2.32. The molecule has 0 radical (unpaired) electrons. The number of aromatic nitrogens is 2. The zero-order valence-electron chi connectivity index (χ0n) is 11.8. The molecule has 7 heteroatoms. The Morgan fingerprint density at radius 2 is 2.05 bits per heavy atom. The Bertz CT molecular complexity index is 632. The molecule has 1 aromatic carbocycles. The molecule has 2 rings (SSSR count). The van der Waals surface area contributed by atoms with Gasteiger partial charge < -0.3 is 11.1 Å². The van der Waals surface area contributed by atoms with Crippen molar-refractivity contribution in [2.75, 3.05) is 11.1 Å². The lowest BCUT2D eigenvalue weighted by Crippen LogP contribution is -2.08. The van der Waals surface area contributed by atoms with E-state index in [1.807, 2.05) is 6.92 Å². The van der Waals surface area contributed by atoms with Crippen LogP contribution in [0.25, 0.3) is 0 Å². The van der Waals surface area contributed by atoms with E-state index in [-0.39, 0.29) is 0 Å². The minimum Gasteiger partial charge on any atom is -0.394 e. The van der Waals surface area contributed by atoms with E-state index in [0.29, 0.717) is 29.4 Å². The quantitative estimate of drug-likeness (QED) is 0.898. The van der Waals surface area contributed by atoms with E-state index in [2.05, 4.69) is 10.4 Å². The maximum Gasteiger partial charge on any atom is 0.416 e. The van der Waals surface area contributed by atoms with E-state index < -0.39 is 11.7 Å².